The lowest BCUT2D eigenvalue weighted by Gasteiger charge is -2.03. The normalized spacial score (nSPS) is 9.46. The van der Waals surface area contributed by atoms with Crippen LogP contribution in [0.15, 0.2) is 38.9 Å². The molecule has 0 atom stereocenters. The third kappa shape index (κ3) is 4.18. The quantitative estimate of drug-likeness (QED) is 0.772. The van der Waals surface area contributed by atoms with Gasteiger partial charge in [-0.2, -0.15) is 0 Å². The second-order valence-electron chi connectivity index (χ2n) is 2.08. The molecular formula is C8H5BrCl2OSi. The molecule has 5 heteroatoms. The van der Waals surface area contributed by atoms with Crippen molar-refractivity contribution in [3.63, 3.8) is 0 Å². The minimum atomic E-state index is 0.130. The first-order valence-electron chi connectivity index (χ1n) is 3.38. The molecule has 0 amide bonds. The summed E-state index contributed by atoms with van der Waals surface area (Å²) in [4.78, 5) is 0. The maximum absolute atomic E-state index is 5.43. The van der Waals surface area contributed by atoms with E-state index in [1.165, 1.54) is 0 Å². The van der Waals surface area contributed by atoms with Crippen LogP contribution < -0.4 is 4.43 Å². The first-order valence-corrected chi connectivity index (χ1v) is 5.91. The standard InChI is InChI=1S/C8H5BrCl2OSi/c9-6-3-1-2-4-7(6)12-13-5-8(10)11/h1-5H. The molecule has 1 nitrogen and oxygen atoms in total. The summed E-state index contributed by atoms with van der Waals surface area (Å²) < 4.78 is 6.53. The van der Waals surface area contributed by atoms with Crippen LogP contribution in [0.3, 0.4) is 0 Å². The zero-order valence-corrected chi connectivity index (χ0v) is 10.5. The molecule has 1 aromatic rings. The average molecular weight is 296 g/mol. The van der Waals surface area contributed by atoms with Crippen LogP contribution in [0, 0.1) is 0 Å². The van der Waals surface area contributed by atoms with Crippen molar-refractivity contribution in [3.05, 3.63) is 38.9 Å². The van der Waals surface area contributed by atoms with Gasteiger partial charge in [-0.05, 0) is 33.8 Å². The Bertz CT molecular complexity index is 313. The van der Waals surface area contributed by atoms with Gasteiger partial charge in [0.05, 0.1) is 4.47 Å². The second-order valence-corrected chi connectivity index (χ2v) is 4.68. The molecule has 0 fully saturated rings. The van der Waals surface area contributed by atoms with Gasteiger partial charge in [0.25, 0.3) is 0 Å². The Morgan fingerprint density at radius 1 is 1.38 bits per heavy atom. The molecule has 0 aromatic heterocycles. The van der Waals surface area contributed by atoms with E-state index in [-0.39, 0.29) is 14.3 Å². The molecule has 68 valence electrons. The summed E-state index contributed by atoms with van der Waals surface area (Å²) in [5.41, 5.74) is 1.61. The van der Waals surface area contributed by atoms with Crippen LogP contribution in [0.2, 0.25) is 0 Å². The van der Waals surface area contributed by atoms with Gasteiger partial charge >= 0.3 is 9.76 Å². The van der Waals surface area contributed by atoms with E-state index < -0.39 is 0 Å². The monoisotopic (exact) mass is 294 g/mol. The van der Waals surface area contributed by atoms with Crippen molar-refractivity contribution in [1.29, 1.82) is 0 Å². The van der Waals surface area contributed by atoms with Crippen molar-refractivity contribution in [1.82, 2.24) is 0 Å². The zero-order valence-electron chi connectivity index (χ0n) is 6.43. The van der Waals surface area contributed by atoms with E-state index >= 15 is 0 Å². The van der Waals surface area contributed by atoms with Crippen LogP contribution in [0.1, 0.15) is 0 Å². The minimum absolute atomic E-state index is 0.130. The molecule has 0 N–H and O–H groups in total. The fourth-order valence-corrected chi connectivity index (χ4v) is 1.90. The molecule has 0 unspecified atom stereocenters. The summed E-state index contributed by atoms with van der Waals surface area (Å²) in [5, 5.41) is 0. The summed E-state index contributed by atoms with van der Waals surface area (Å²) in [7, 11) is 0.130. The van der Waals surface area contributed by atoms with E-state index in [4.69, 9.17) is 27.6 Å². The maximum Gasteiger partial charge on any atom is 0.345 e. The Balaban J connectivity index is 2.55. The number of rotatable bonds is 3. The van der Waals surface area contributed by atoms with Gasteiger partial charge < -0.3 is 4.43 Å². The molecule has 1 aromatic carbocycles. The average Bonchev–Trinajstić information content (AvgIpc) is 2.08. The highest BCUT2D eigenvalue weighted by Gasteiger charge is 1.98. The fourth-order valence-electron chi connectivity index (χ4n) is 0.665. The van der Waals surface area contributed by atoms with Gasteiger partial charge in [0.1, 0.15) is 10.2 Å². The van der Waals surface area contributed by atoms with Crippen molar-refractivity contribution >= 4 is 48.9 Å². The Hall–Kier alpha value is 0.0369. The van der Waals surface area contributed by atoms with Crippen LogP contribution in [0.4, 0.5) is 0 Å². The van der Waals surface area contributed by atoms with E-state index in [1.807, 2.05) is 24.3 Å². The Morgan fingerprint density at radius 2 is 2.08 bits per heavy atom. The molecule has 0 aliphatic heterocycles. The Labute approximate surface area is 97.8 Å². The van der Waals surface area contributed by atoms with Crippen LogP contribution in [-0.4, -0.2) is 9.76 Å². The molecule has 0 aliphatic carbocycles. The summed E-state index contributed by atoms with van der Waals surface area (Å²) in [5.74, 6) is 0.784. The maximum atomic E-state index is 5.43. The molecule has 0 bridgehead atoms. The molecule has 0 heterocycles. The summed E-state index contributed by atoms with van der Waals surface area (Å²) in [6, 6.07) is 7.60. The summed E-state index contributed by atoms with van der Waals surface area (Å²) >= 11 is 14.2. The Morgan fingerprint density at radius 3 is 2.69 bits per heavy atom. The first-order chi connectivity index (χ1) is 6.20. The van der Waals surface area contributed by atoms with Crippen LogP contribution in [0.25, 0.3) is 0 Å². The zero-order chi connectivity index (χ0) is 9.68. The van der Waals surface area contributed by atoms with Gasteiger partial charge in [-0.15, -0.1) is 0 Å². The van der Waals surface area contributed by atoms with E-state index in [1.54, 1.807) is 5.70 Å². The van der Waals surface area contributed by atoms with Crippen molar-refractivity contribution < 1.29 is 4.43 Å². The lowest BCUT2D eigenvalue weighted by molar-refractivity contribution is 0.600. The molecule has 0 aliphatic rings. The molecular weight excluding hydrogens is 291 g/mol. The van der Waals surface area contributed by atoms with Gasteiger partial charge in [0, 0.05) is 0 Å². The second kappa shape index (κ2) is 5.70. The highest BCUT2D eigenvalue weighted by Crippen LogP contribution is 2.23. The van der Waals surface area contributed by atoms with Crippen molar-refractivity contribution in [3.8, 4) is 5.75 Å². The highest BCUT2D eigenvalue weighted by atomic mass is 79.9. The number of hydrogen-bond donors (Lipinski definition) is 0. The lowest BCUT2D eigenvalue weighted by Crippen LogP contribution is -1.98. The predicted octanol–water partition coefficient (Wildman–Crippen LogP) is 3.72. The number of benzene rings is 1. The van der Waals surface area contributed by atoms with Gasteiger partial charge in [-0.1, -0.05) is 35.3 Å². The minimum Gasteiger partial charge on any atom is -0.535 e. The first kappa shape index (κ1) is 11.1. The smallest absolute Gasteiger partial charge is 0.345 e. The van der Waals surface area contributed by atoms with Gasteiger partial charge in [-0.25, -0.2) is 0 Å². The number of hydrogen-bond acceptors (Lipinski definition) is 1. The van der Waals surface area contributed by atoms with Crippen molar-refractivity contribution in [2.45, 2.75) is 0 Å². The lowest BCUT2D eigenvalue weighted by atomic mass is 10.3. The van der Waals surface area contributed by atoms with Crippen LogP contribution >= 0.6 is 39.1 Å². The highest BCUT2D eigenvalue weighted by molar-refractivity contribution is 9.10. The van der Waals surface area contributed by atoms with E-state index in [0.717, 1.165) is 10.2 Å². The largest absolute Gasteiger partial charge is 0.535 e. The molecule has 2 radical (unpaired) electrons. The van der Waals surface area contributed by atoms with Crippen LogP contribution in [-0.2, 0) is 0 Å². The van der Waals surface area contributed by atoms with E-state index in [9.17, 15) is 0 Å². The summed E-state index contributed by atoms with van der Waals surface area (Å²) in [6.45, 7) is 0. The molecule has 13 heavy (non-hydrogen) atoms. The molecule has 1 rings (SSSR count). The summed E-state index contributed by atoms with van der Waals surface area (Å²) in [6.07, 6.45) is 0. The third-order valence-electron chi connectivity index (χ3n) is 1.17. The number of para-hydroxylation sites is 1. The van der Waals surface area contributed by atoms with Gasteiger partial charge in [-0.3, -0.25) is 0 Å². The van der Waals surface area contributed by atoms with E-state index in [2.05, 4.69) is 15.9 Å². The van der Waals surface area contributed by atoms with E-state index in [0.29, 0.717) is 0 Å². The molecule has 0 spiro atoms. The molecule has 0 saturated heterocycles. The van der Waals surface area contributed by atoms with Crippen molar-refractivity contribution in [2.24, 2.45) is 0 Å². The fraction of sp³-hybridized carbons (Fsp3) is 0. The SMILES string of the molecule is ClC(Cl)=C[Si]Oc1ccccc1Br. The predicted molar refractivity (Wildman–Crippen MR) is 60.3 cm³/mol. The van der Waals surface area contributed by atoms with Crippen LogP contribution in [0.5, 0.6) is 5.75 Å². The topological polar surface area (TPSA) is 9.23 Å². The Kier molecular flexibility index (Phi) is 4.87. The van der Waals surface area contributed by atoms with Gasteiger partial charge in [0.2, 0.25) is 0 Å². The van der Waals surface area contributed by atoms with Crippen molar-refractivity contribution in [2.75, 3.05) is 0 Å². The third-order valence-corrected chi connectivity index (χ3v) is 3.16. The van der Waals surface area contributed by atoms with Gasteiger partial charge in [0.15, 0.2) is 0 Å². The molecule has 0 saturated carbocycles. The number of halogens is 3.